The third kappa shape index (κ3) is 5.60. The molecule has 34 heavy (non-hydrogen) atoms. The Kier molecular flexibility index (Phi) is 7.52. The van der Waals surface area contributed by atoms with Crippen molar-refractivity contribution >= 4 is 28.7 Å². The zero-order valence-electron chi connectivity index (χ0n) is 18.7. The number of carbonyl (C=O) groups is 1. The first-order valence-corrected chi connectivity index (χ1v) is 11.3. The van der Waals surface area contributed by atoms with E-state index in [4.69, 9.17) is 14.2 Å². The molecule has 0 radical (unpaired) electrons. The number of benzene rings is 3. The minimum atomic E-state index is -0.933. The highest BCUT2D eigenvalue weighted by atomic mass is 32.1. The van der Waals surface area contributed by atoms with Gasteiger partial charge in [0.05, 0.1) is 26.1 Å². The van der Waals surface area contributed by atoms with Crippen LogP contribution in [0.1, 0.15) is 17.2 Å². The van der Waals surface area contributed by atoms with Crippen molar-refractivity contribution in [3.63, 3.8) is 0 Å². The topological polar surface area (TPSA) is 82.0 Å². The summed E-state index contributed by atoms with van der Waals surface area (Å²) in [6.45, 7) is 0. The number of hydrazone groups is 1. The fourth-order valence-corrected chi connectivity index (χ4v) is 3.88. The molecule has 3 aromatic carbocycles. The molecule has 0 saturated carbocycles. The maximum Gasteiger partial charge on any atom is 0.351 e. The summed E-state index contributed by atoms with van der Waals surface area (Å²) in [4.78, 5) is 17.0. The summed E-state index contributed by atoms with van der Waals surface area (Å²) in [5, 5.41) is 6.94. The van der Waals surface area contributed by atoms with Gasteiger partial charge in [0, 0.05) is 16.5 Å². The van der Waals surface area contributed by atoms with E-state index in [1.165, 1.54) is 18.4 Å². The first-order valence-electron chi connectivity index (χ1n) is 10.5. The Labute approximate surface area is 201 Å². The average Bonchev–Trinajstić information content (AvgIpc) is 3.37. The molecule has 4 aromatic rings. The Hall–Kier alpha value is -4.17. The number of thiazole rings is 1. The van der Waals surface area contributed by atoms with Crippen LogP contribution in [0, 0.1) is 0 Å². The Bertz CT molecular complexity index is 1260. The number of nitrogens with zero attached hydrogens (tertiary/aromatic N) is 2. The second-order valence-electron chi connectivity index (χ2n) is 7.12. The molecule has 0 fully saturated rings. The molecule has 1 unspecified atom stereocenters. The quantitative estimate of drug-likeness (QED) is 0.195. The van der Waals surface area contributed by atoms with Gasteiger partial charge in [0.1, 0.15) is 0 Å². The number of esters is 1. The van der Waals surface area contributed by atoms with Crippen molar-refractivity contribution in [3.8, 4) is 22.8 Å². The van der Waals surface area contributed by atoms with Crippen molar-refractivity contribution in [3.05, 3.63) is 95.4 Å². The number of nitrogens with one attached hydrogen (secondary N) is 1. The second kappa shape index (κ2) is 11.1. The van der Waals surface area contributed by atoms with Gasteiger partial charge in [-0.2, -0.15) is 5.10 Å². The van der Waals surface area contributed by atoms with Gasteiger partial charge in [-0.15, -0.1) is 11.3 Å². The van der Waals surface area contributed by atoms with Gasteiger partial charge in [-0.05, 0) is 23.8 Å². The number of aromatic nitrogens is 1. The van der Waals surface area contributed by atoms with Crippen molar-refractivity contribution in [2.45, 2.75) is 6.10 Å². The van der Waals surface area contributed by atoms with Crippen LogP contribution < -0.4 is 14.9 Å². The molecule has 8 heteroatoms. The van der Waals surface area contributed by atoms with E-state index in [0.717, 1.165) is 16.8 Å². The summed E-state index contributed by atoms with van der Waals surface area (Å²) in [5.74, 6) is 0.376. The Morgan fingerprint density at radius 2 is 1.74 bits per heavy atom. The van der Waals surface area contributed by atoms with Crippen LogP contribution in [-0.2, 0) is 9.53 Å². The molecule has 0 aliphatic heterocycles. The molecule has 0 aliphatic rings. The van der Waals surface area contributed by atoms with Crippen molar-refractivity contribution in [2.75, 3.05) is 19.6 Å². The van der Waals surface area contributed by atoms with Crippen LogP contribution in [0.25, 0.3) is 11.3 Å². The number of methoxy groups -OCH3 is 2. The van der Waals surface area contributed by atoms with Crippen molar-refractivity contribution in [2.24, 2.45) is 5.10 Å². The van der Waals surface area contributed by atoms with E-state index in [1.54, 1.807) is 37.6 Å². The normalized spacial score (nSPS) is 11.7. The lowest BCUT2D eigenvalue weighted by molar-refractivity contribution is -0.149. The van der Waals surface area contributed by atoms with E-state index >= 15 is 0 Å². The zero-order valence-corrected chi connectivity index (χ0v) is 19.5. The number of hydrogen-bond acceptors (Lipinski definition) is 8. The van der Waals surface area contributed by atoms with E-state index in [9.17, 15) is 4.79 Å². The predicted molar refractivity (Wildman–Crippen MR) is 134 cm³/mol. The molecule has 0 saturated heterocycles. The summed E-state index contributed by atoms with van der Waals surface area (Å²) in [6.07, 6.45) is 0.711. The summed E-state index contributed by atoms with van der Waals surface area (Å²) >= 11 is 1.47. The summed E-state index contributed by atoms with van der Waals surface area (Å²) in [5.41, 5.74) is 6.32. The number of anilines is 1. The number of hydrogen-bond donors (Lipinski definition) is 1. The van der Waals surface area contributed by atoms with Crippen LogP contribution in [0.15, 0.2) is 89.3 Å². The van der Waals surface area contributed by atoms with Crippen LogP contribution >= 0.6 is 11.3 Å². The largest absolute Gasteiger partial charge is 0.493 e. The minimum Gasteiger partial charge on any atom is -0.493 e. The SMILES string of the molecule is COC(=O)C(Oc1cc(C=NNc2nc(-c3ccccc3)cs2)ccc1OC)c1ccccc1. The fraction of sp³-hybridized carbons (Fsp3) is 0.115. The molecule has 0 spiro atoms. The van der Waals surface area contributed by atoms with Crippen LogP contribution in [0.5, 0.6) is 11.5 Å². The summed E-state index contributed by atoms with van der Waals surface area (Å²) < 4.78 is 16.4. The predicted octanol–water partition coefficient (Wildman–Crippen LogP) is 5.56. The molecule has 1 heterocycles. The third-order valence-electron chi connectivity index (χ3n) is 4.90. The minimum absolute atomic E-state index is 0.395. The van der Waals surface area contributed by atoms with E-state index in [-0.39, 0.29) is 0 Å². The highest BCUT2D eigenvalue weighted by Gasteiger charge is 2.25. The Morgan fingerprint density at radius 3 is 2.44 bits per heavy atom. The van der Waals surface area contributed by atoms with Crippen LogP contribution in [0.3, 0.4) is 0 Å². The van der Waals surface area contributed by atoms with Crippen molar-refractivity contribution in [1.82, 2.24) is 4.98 Å². The smallest absolute Gasteiger partial charge is 0.351 e. The molecule has 1 N–H and O–H groups in total. The van der Waals surface area contributed by atoms with Crippen LogP contribution in [-0.4, -0.2) is 31.4 Å². The highest BCUT2D eigenvalue weighted by molar-refractivity contribution is 7.14. The van der Waals surface area contributed by atoms with Gasteiger partial charge < -0.3 is 14.2 Å². The maximum atomic E-state index is 12.4. The average molecular weight is 474 g/mol. The highest BCUT2D eigenvalue weighted by Crippen LogP contribution is 2.32. The van der Waals surface area contributed by atoms with E-state index in [1.807, 2.05) is 60.0 Å². The van der Waals surface area contributed by atoms with Gasteiger partial charge in [0.15, 0.2) is 11.5 Å². The van der Waals surface area contributed by atoms with E-state index in [2.05, 4.69) is 15.5 Å². The lowest BCUT2D eigenvalue weighted by Gasteiger charge is -2.19. The standard InChI is InChI=1S/C26H23N3O4S/c1-31-22-14-13-18(15-23(22)33-24(25(30)32-2)20-11-7-4-8-12-20)16-27-29-26-28-21(17-34-26)19-9-5-3-6-10-19/h3-17,24H,1-2H3,(H,28,29). The summed E-state index contributed by atoms with van der Waals surface area (Å²) in [7, 11) is 2.87. The number of ether oxygens (including phenoxy) is 3. The summed E-state index contributed by atoms with van der Waals surface area (Å²) in [6, 6.07) is 24.4. The van der Waals surface area contributed by atoms with Crippen LogP contribution in [0.2, 0.25) is 0 Å². The van der Waals surface area contributed by atoms with Gasteiger partial charge in [0.25, 0.3) is 0 Å². The molecule has 4 rings (SSSR count). The van der Waals surface area contributed by atoms with Gasteiger partial charge >= 0.3 is 5.97 Å². The van der Waals surface area contributed by atoms with Crippen molar-refractivity contribution < 1.29 is 19.0 Å². The monoisotopic (exact) mass is 473 g/mol. The molecular weight excluding hydrogens is 450 g/mol. The van der Waals surface area contributed by atoms with Gasteiger partial charge in [-0.1, -0.05) is 60.7 Å². The fourth-order valence-electron chi connectivity index (χ4n) is 3.21. The zero-order chi connectivity index (χ0) is 23.8. The third-order valence-corrected chi connectivity index (χ3v) is 5.64. The molecule has 7 nitrogen and oxygen atoms in total. The van der Waals surface area contributed by atoms with E-state index < -0.39 is 12.1 Å². The molecular formula is C26H23N3O4S. The number of rotatable bonds is 9. The Morgan fingerprint density at radius 1 is 1.00 bits per heavy atom. The molecule has 172 valence electrons. The second-order valence-corrected chi connectivity index (χ2v) is 7.97. The molecule has 1 aromatic heterocycles. The van der Waals surface area contributed by atoms with Gasteiger partial charge in [-0.25, -0.2) is 9.78 Å². The van der Waals surface area contributed by atoms with Crippen LogP contribution in [0.4, 0.5) is 5.13 Å². The molecule has 1 atom stereocenters. The Balaban J connectivity index is 1.50. The first kappa shape index (κ1) is 23.0. The van der Waals surface area contributed by atoms with Gasteiger partial charge in [-0.3, -0.25) is 5.43 Å². The molecule has 0 bridgehead atoms. The molecule has 0 amide bonds. The number of carbonyl (C=O) groups excluding carboxylic acids is 1. The van der Waals surface area contributed by atoms with E-state index in [0.29, 0.717) is 22.2 Å². The lowest BCUT2D eigenvalue weighted by atomic mass is 10.1. The lowest BCUT2D eigenvalue weighted by Crippen LogP contribution is -2.20. The van der Waals surface area contributed by atoms with Gasteiger partial charge in [0.2, 0.25) is 11.2 Å². The first-order chi connectivity index (χ1) is 16.7. The molecule has 0 aliphatic carbocycles. The maximum absolute atomic E-state index is 12.4. The van der Waals surface area contributed by atoms with Crippen molar-refractivity contribution in [1.29, 1.82) is 0 Å².